The number of fused-ring (bicyclic) bond motifs is 2. The molecule has 5 heteroatoms. The van der Waals surface area contributed by atoms with Crippen LogP contribution < -0.4 is 0 Å². The van der Waals surface area contributed by atoms with Gasteiger partial charge >= 0.3 is 0 Å². The number of rotatable bonds is 3. The first-order valence-corrected chi connectivity index (χ1v) is 8.38. The third kappa shape index (κ3) is 2.46. The van der Waals surface area contributed by atoms with Crippen LogP contribution in [0.2, 0.25) is 0 Å². The lowest BCUT2D eigenvalue weighted by molar-refractivity contribution is 1.10. The van der Waals surface area contributed by atoms with E-state index in [-0.39, 0.29) is 0 Å². The summed E-state index contributed by atoms with van der Waals surface area (Å²) in [5.74, 6) is 0. The van der Waals surface area contributed by atoms with E-state index < -0.39 is 0 Å². The van der Waals surface area contributed by atoms with E-state index in [0.29, 0.717) is 0 Å². The lowest BCUT2D eigenvalue weighted by Crippen LogP contribution is -1.82. The quantitative estimate of drug-likeness (QED) is 0.502. The monoisotopic (exact) mass is 337 g/mol. The lowest BCUT2D eigenvalue weighted by Gasteiger charge is -2.03. The number of hydrogen-bond donors (Lipinski definition) is 2. The molecule has 0 aliphatic heterocycles. The standard InChI is InChI=1S/C21H15N5/c1-2-4-14(5-3-1)6-9-19-17-8-7-15(12-20(17)25-24-19)16-10-11-22-21-18(16)13-23-26-21/h1-13H,(H,24,25)(H,22,23,26)/b9-6+. The third-order valence-corrected chi connectivity index (χ3v) is 4.49. The molecule has 2 N–H and O–H groups in total. The van der Waals surface area contributed by atoms with E-state index in [0.717, 1.165) is 44.3 Å². The molecular formula is C21H15N5. The van der Waals surface area contributed by atoms with E-state index in [1.807, 2.05) is 36.5 Å². The molecule has 0 spiro atoms. The molecule has 2 aromatic carbocycles. The Bertz CT molecular complexity index is 1230. The van der Waals surface area contributed by atoms with Gasteiger partial charge in [-0.1, -0.05) is 42.5 Å². The van der Waals surface area contributed by atoms with Gasteiger partial charge in [0.2, 0.25) is 0 Å². The SMILES string of the molecule is C(=C\c1n[nH]c2cc(-c3ccnc4[nH]ncc34)ccc12)/c1ccccc1. The highest BCUT2D eigenvalue weighted by molar-refractivity contribution is 5.97. The molecule has 5 nitrogen and oxygen atoms in total. The number of H-pyrrole nitrogens is 2. The van der Waals surface area contributed by atoms with Gasteiger partial charge in [0.25, 0.3) is 0 Å². The predicted octanol–water partition coefficient (Wildman–Crippen LogP) is 4.67. The summed E-state index contributed by atoms with van der Waals surface area (Å²) < 4.78 is 0. The molecule has 3 heterocycles. The molecular weight excluding hydrogens is 322 g/mol. The summed E-state index contributed by atoms with van der Waals surface area (Å²) in [6.07, 6.45) is 7.71. The predicted molar refractivity (Wildman–Crippen MR) is 104 cm³/mol. The molecule has 0 atom stereocenters. The Morgan fingerprint density at radius 3 is 2.69 bits per heavy atom. The highest BCUT2D eigenvalue weighted by atomic mass is 15.1. The molecule has 0 fully saturated rings. The number of nitrogens with one attached hydrogen (secondary N) is 2. The van der Waals surface area contributed by atoms with Crippen LogP contribution in [0.5, 0.6) is 0 Å². The average molecular weight is 337 g/mol. The van der Waals surface area contributed by atoms with Crippen LogP contribution in [0.15, 0.2) is 67.0 Å². The Labute approximate surface area is 149 Å². The molecule has 0 saturated heterocycles. The fraction of sp³-hybridized carbons (Fsp3) is 0. The molecule has 3 aromatic heterocycles. The fourth-order valence-electron chi connectivity index (χ4n) is 3.18. The number of hydrogen-bond acceptors (Lipinski definition) is 3. The summed E-state index contributed by atoms with van der Waals surface area (Å²) >= 11 is 0. The molecule has 0 radical (unpaired) electrons. The van der Waals surface area contributed by atoms with Crippen molar-refractivity contribution in [2.75, 3.05) is 0 Å². The number of aromatic amines is 2. The van der Waals surface area contributed by atoms with Gasteiger partial charge in [-0.25, -0.2) is 4.98 Å². The zero-order valence-corrected chi connectivity index (χ0v) is 13.8. The second-order valence-electron chi connectivity index (χ2n) is 6.10. The molecule has 0 bridgehead atoms. The van der Waals surface area contributed by atoms with Gasteiger partial charge in [0, 0.05) is 17.0 Å². The minimum Gasteiger partial charge on any atom is -0.277 e. The van der Waals surface area contributed by atoms with Crippen molar-refractivity contribution in [3.63, 3.8) is 0 Å². The van der Waals surface area contributed by atoms with Crippen molar-refractivity contribution in [2.24, 2.45) is 0 Å². The minimum atomic E-state index is 0.790. The van der Waals surface area contributed by atoms with Crippen molar-refractivity contribution in [2.45, 2.75) is 0 Å². The molecule has 124 valence electrons. The molecule has 0 unspecified atom stereocenters. The van der Waals surface area contributed by atoms with Gasteiger partial charge in [-0.2, -0.15) is 10.2 Å². The zero-order valence-electron chi connectivity index (χ0n) is 13.8. The highest BCUT2D eigenvalue weighted by Gasteiger charge is 2.09. The first kappa shape index (κ1) is 14.6. The van der Waals surface area contributed by atoms with Gasteiger partial charge in [0.05, 0.1) is 17.4 Å². The Kier molecular flexibility index (Phi) is 3.35. The summed E-state index contributed by atoms with van der Waals surface area (Å²) in [6, 6.07) is 18.5. The smallest absolute Gasteiger partial charge is 0.155 e. The van der Waals surface area contributed by atoms with Gasteiger partial charge in [-0.15, -0.1) is 0 Å². The van der Waals surface area contributed by atoms with Crippen molar-refractivity contribution in [3.8, 4) is 11.1 Å². The van der Waals surface area contributed by atoms with Gasteiger partial charge < -0.3 is 0 Å². The summed E-state index contributed by atoms with van der Waals surface area (Å²) in [5.41, 5.74) is 6.08. The van der Waals surface area contributed by atoms with Crippen LogP contribution in [-0.2, 0) is 0 Å². The largest absolute Gasteiger partial charge is 0.277 e. The summed E-state index contributed by atoms with van der Waals surface area (Å²) in [5, 5.41) is 16.7. The molecule has 0 aliphatic carbocycles. The maximum Gasteiger partial charge on any atom is 0.155 e. The Hall–Kier alpha value is -3.73. The first-order chi connectivity index (χ1) is 12.9. The molecule has 5 aromatic rings. The van der Waals surface area contributed by atoms with E-state index in [1.54, 1.807) is 6.20 Å². The van der Waals surface area contributed by atoms with E-state index in [1.165, 1.54) is 0 Å². The van der Waals surface area contributed by atoms with Gasteiger partial charge in [-0.3, -0.25) is 10.2 Å². The topological polar surface area (TPSA) is 70.2 Å². The molecule has 0 amide bonds. The van der Waals surface area contributed by atoms with Crippen LogP contribution in [0.25, 0.3) is 45.2 Å². The van der Waals surface area contributed by atoms with Gasteiger partial charge in [0.15, 0.2) is 5.65 Å². The normalized spacial score (nSPS) is 11.7. The van der Waals surface area contributed by atoms with Crippen molar-refractivity contribution < 1.29 is 0 Å². The van der Waals surface area contributed by atoms with Crippen molar-refractivity contribution >= 4 is 34.1 Å². The molecule has 0 aliphatic rings. The van der Waals surface area contributed by atoms with Gasteiger partial charge in [-0.05, 0) is 41.0 Å². The lowest BCUT2D eigenvalue weighted by atomic mass is 10.0. The number of nitrogens with zero attached hydrogens (tertiary/aromatic N) is 3. The van der Waals surface area contributed by atoms with E-state index in [4.69, 9.17) is 0 Å². The third-order valence-electron chi connectivity index (χ3n) is 4.49. The van der Waals surface area contributed by atoms with E-state index in [9.17, 15) is 0 Å². The zero-order chi connectivity index (χ0) is 17.3. The maximum absolute atomic E-state index is 4.45. The van der Waals surface area contributed by atoms with Crippen LogP contribution in [-0.4, -0.2) is 25.4 Å². The number of aromatic nitrogens is 5. The number of benzene rings is 2. The fourth-order valence-corrected chi connectivity index (χ4v) is 3.18. The van der Waals surface area contributed by atoms with E-state index >= 15 is 0 Å². The van der Waals surface area contributed by atoms with E-state index in [2.05, 4.69) is 61.8 Å². The second kappa shape index (κ2) is 5.97. The molecule has 26 heavy (non-hydrogen) atoms. The minimum absolute atomic E-state index is 0.790. The first-order valence-electron chi connectivity index (χ1n) is 8.38. The Balaban J connectivity index is 1.56. The summed E-state index contributed by atoms with van der Waals surface area (Å²) in [6.45, 7) is 0. The Morgan fingerprint density at radius 2 is 1.77 bits per heavy atom. The van der Waals surface area contributed by atoms with Crippen LogP contribution in [0.4, 0.5) is 0 Å². The van der Waals surface area contributed by atoms with Crippen LogP contribution in [0, 0.1) is 0 Å². The van der Waals surface area contributed by atoms with Crippen LogP contribution in [0.3, 0.4) is 0 Å². The molecule has 0 saturated carbocycles. The van der Waals surface area contributed by atoms with Crippen molar-refractivity contribution in [1.29, 1.82) is 0 Å². The maximum atomic E-state index is 4.45. The van der Waals surface area contributed by atoms with Gasteiger partial charge in [0.1, 0.15) is 0 Å². The van der Waals surface area contributed by atoms with Crippen molar-refractivity contribution in [1.82, 2.24) is 25.4 Å². The highest BCUT2D eigenvalue weighted by Crippen LogP contribution is 2.29. The van der Waals surface area contributed by atoms with Crippen LogP contribution in [0.1, 0.15) is 11.3 Å². The van der Waals surface area contributed by atoms with Crippen LogP contribution >= 0.6 is 0 Å². The van der Waals surface area contributed by atoms with Crippen molar-refractivity contribution in [3.05, 3.63) is 78.2 Å². The second-order valence-corrected chi connectivity index (χ2v) is 6.10. The Morgan fingerprint density at radius 1 is 0.846 bits per heavy atom. The average Bonchev–Trinajstić information content (AvgIpc) is 3.33. The summed E-state index contributed by atoms with van der Waals surface area (Å²) in [7, 11) is 0. The summed E-state index contributed by atoms with van der Waals surface area (Å²) in [4.78, 5) is 4.30. The number of pyridine rings is 1. The molecule has 5 rings (SSSR count).